The predicted molar refractivity (Wildman–Crippen MR) is 53.3 cm³/mol. The third-order valence-electron chi connectivity index (χ3n) is 1.76. The molecule has 78 valence electrons. The third-order valence-corrected chi connectivity index (χ3v) is 2.17. The first-order valence-electron chi connectivity index (χ1n) is 4.22. The van der Waals surface area contributed by atoms with Gasteiger partial charge >= 0.3 is 0 Å². The van der Waals surface area contributed by atoms with Crippen LogP contribution in [0.25, 0.3) is 0 Å². The summed E-state index contributed by atoms with van der Waals surface area (Å²) in [6.07, 6.45) is 0.406. The summed E-state index contributed by atoms with van der Waals surface area (Å²) in [6, 6.07) is 2.51. The van der Waals surface area contributed by atoms with Crippen molar-refractivity contribution in [2.45, 2.75) is 25.8 Å². The predicted octanol–water partition coefficient (Wildman–Crippen LogP) is 2.90. The molecule has 0 heterocycles. The zero-order valence-electron chi connectivity index (χ0n) is 8.07. The number of halogens is 3. The highest BCUT2D eigenvalue weighted by Gasteiger charge is 2.17. The summed E-state index contributed by atoms with van der Waals surface area (Å²) in [5, 5.41) is -0.177. The maximum Gasteiger partial charge on any atom is 0.177 e. The Kier molecular flexibility index (Phi) is 3.12. The molecular formula is C10H12ClF2N. The number of hydrogen-bond acceptors (Lipinski definition) is 1. The van der Waals surface area contributed by atoms with Crippen LogP contribution in [0.5, 0.6) is 0 Å². The summed E-state index contributed by atoms with van der Waals surface area (Å²) in [7, 11) is 0. The summed E-state index contributed by atoms with van der Waals surface area (Å²) in [5.74, 6) is -1.94. The maximum absolute atomic E-state index is 13.0. The van der Waals surface area contributed by atoms with Gasteiger partial charge in [-0.2, -0.15) is 0 Å². The van der Waals surface area contributed by atoms with Crippen LogP contribution < -0.4 is 5.73 Å². The summed E-state index contributed by atoms with van der Waals surface area (Å²) in [4.78, 5) is 0. The van der Waals surface area contributed by atoms with Crippen LogP contribution in [0.15, 0.2) is 12.1 Å². The van der Waals surface area contributed by atoms with Gasteiger partial charge in [0, 0.05) is 5.54 Å². The summed E-state index contributed by atoms with van der Waals surface area (Å²) in [5.41, 5.74) is 5.78. The van der Waals surface area contributed by atoms with Crippen molar-refractivity contribution < 1.29 is 8.78 Å². The van der Waals surface area contributed by atoms with Crippen molar-refractivity contribution in [1.29, 1.82) is 0 Å². The second-order valence-electron chi connectivity index (χ2n) is 4.00. The quantitative estimate of drug-likeness (QED) is 0.761. The number of nitrogens with two attached hydrogens (primary N) is 1. The van der Waals surface area contributed by atoms with E-state index in [1.54, 1.807) is 13.8 Å². The van der Waals surface area contributed by atoms with E-state index in [0.717, 1.165) is 6.07 Å². The molecule has 0 aromatic heterocycles. The molecule has 0 saturated carbocycles. The Labute approximate surface area is 86.9 Å². The van der Waals surface area contributed by atoms with Gasteiger partial charge in [0.25, 0.3) is 0 Å². The third kappa shape index (κ3) is 2.66. The van der Waals surface area contributed by atoms with Gasteiger partial charge in [-0.15, -0.1) is 0 Å². The van der Waals surface area contributed by atoms with Gasteiger partial charge in [0.1, 0.15) is 0 Å². The average Bonchev–Trinajstić information content (AvgIpc) is 2.04. The lowest BCUT2D eigenvalue weighted by molar-refractivity contribution is 0.494. The van der Waals surface area contributed by atoms with Gasteiger partial charge in [-0.1, -0.05) is 17.7 Å². The maximum atomic E-state index is 13.0. The Hall–Kier alpha value is -0.670. The SMILES string of the molecule is CC(C)(N)Cc1ccc(F)c(F)c1Cl. The first-order valence-corrected chi connectivity index (χ1v) is 4.60. The molecule has 1 aromatic carbocycles. The Morgan fingerprint density at radius 3 is 2.43 bits per heavy atom. The van der Waals surface area contributed by atoms with Crippen LogP contribution in [0.2, 0.25) is 5.02 Å². The van der Waals surface area contributed by atoms with E-state index in [9.17, 15) is 8.78 Å². The van der Waals surface area contributed by atoms with Crippen LogP contribution in [0.4, 0.5) is 8.78 Å². The molecule has 0 aliphatic rings. The standard InChI is InChI=1S/C10H12ClF2N/c1-10(2,14)5-6-3-4-7(12)9(13)8(6)11/h3-4H,5,14H2,1-2H3. The molecule has 1 nitrogen and oxygen atoms in total. The van der Waals surface area contributed by atoms with Gasteiger partial charge in [-0.25, -0.2) is 8.78 Å². The molecule has 0 aliphatic heterocycles. The molecule has 0 radical (unpaired) electrons. The number of hydrogen-bond donors (Lipinski definition) is 1. The van der Waals surface area contributed by atoms with Crippen molar-refractivity contribution >= 4 is 11.6 Å². The smallest absolute Gasteiger partial charge is 0.177 e. The molecule has 1 aromatic rings. The van der Waals surface area contributed by atoms with E-state index in [1.165, 1.54) is 6.07 Å². The van der Waals surface area contributed by atoms with E-state index in [-0.39, 0.29) is 5.02 Å². The fourth-order valence-electron chi connectivity index (χ4n) is 1.19. The van der Waals surface area contributed by atoms with E-state index in [4.69, 9.17) is 17.3 Å². The molecule has 0 spiro atoms. The first kappa shape index (κ1) is 11.4. The molecule has 0 aliphatic carbocycles. The molecule has 0 fully saturated rings. The summed E-state index contributed by atoms with van der Waals surface area (Å²) < 4.78 is 25.7. The second-order valence-corrected chi connectivity index (χ2v) is 4.38. The normalized spacial score (nSPS) is 11.9. The molecule has 1 rings (SSSR count). The van der Waals surface area contributed by atoms with Crippen molar-refractivity contribution in [2.24, 2.45) is 5.73 Å². The summed E-state index contributed by atoms with van der Waals surface area (Å²) in [6.45, 7) is 3.59. The van der Waals surface area contributed by atoms with E-state index in [0.29, 0.717) is 12.0 Å². The van der Waals surface area contributed by atoms with Gasteiger partial charge in [0.05, 0.1) is 5.02 Å². The monoisotopic (exact) mass is 219 g/mol. The summed E-state index contributed by atoms with van der Waals surface area (Å²) >= 11 is 5.63. The van der Waals surface area contributed by atoms with Crippen LogP contribution in [0, 0.1) is 11.6 Å². The highest BCUT2D eigenvalue weighted by molar-refractivity contribution is 6.31. The van der Waals surface area contributed by atoms with Gasteiger partial charge < -0.3 is 5.73 Å². The van der Waals surface area contributed by atoms with Crippen LogP contribution in [-0.4, -0.2) is 5.54 Å². The first-order chi connectivity index (χ1) is 6.31. The van der Waals surface area contributed by atoms with Gasteiger partial charge in [0.15, 0.2) is 11.6 Å². The molecule has 4 heteroatoms. The molecule has 0 unspecified atom stereocenters. The van der Waals surface area contributed by atoms with Crippen LogP contribution in [-0.2, 0) is 6.42 Å². The molecule has 14 heavy (non-hydrogen) atoms. The van der Waals surface area contributed by atoms with Crippen LogP contribution >= 0.6 is 11.6 Å². The molecule has 0 atom stereocenters. The minimum atomic E-state index is -1.01. The van der Waals surface area contributed by atoms with Crippen LogP contribution in [0.3, 0.4) is 0 Å². The van der Waals surface area contributed by atoms with E-state index >= 15 is 0 Å². The van der Waals surface area contributed by atoms with Crippen molar-refractivity contribution in [3.05, 3.63) is 34.4 Å². The lowest BCUT2D eigenvalue weighted by atomic mass is 9.96. The minimum absolute atomic E-state index is 0.177. The largest absolute Gasteiger partial charge is 0.325 e. The lowest BCUT2D eigenvalue weighted by Gasteiger charge is -2.19. The van der Waals surface area contributed by atoms with Crippen LogP contribution in [0.1, 0.15) is 19.4 Å². The lowest BCUT2D eigenvalue weighted by Crippen LogP contribution is -2.34. The Balaban J connectivity index is 3.06. The Morgan fingerprint density at radius 2 is 1.93 bits per heavy atom. The second kappa shape index (κ2) is 3.83. The van der Waals surface area contributed by atoms with Crippen molar-refractivity contribution in [3.8, 4) is 0 Å². The van der Waals surface area contributed by atoms with Crippen molar-refractivity contribution in [2.75, 3.05) is 0 Å². The number of benzene rings is 1. The fourth-order valence-corrected chi connectivity index (χ4v) is 1.41. The molecule has 2 N–H and O–H groups in total. The average molecular weight is 220 g/mol. The van der Waals surface area contributed by atoms with E-state index in [1.807, 2.05) is 0 Å². The molecular weight excluding hydrogens is 208 g/mol. The van der Waals surface area contributed by atoms with Crippen molar-refractivity contribution in [3.63, 3.8) is 0 Å². The molecule has 0 bridgehead atoms. The van der Waals surface area contributed by atoms with E-state index < -0.39 is 17.2 Å². The molecule has 0 amide bonds. The minimum Gasteiger partial charge on any atom is -0.325 e. The topological polar surface area (TPSA) is 26.0 Å². The highest BCUT2D eigenvalue weighted by atomic mass is 35.5. The Morgan fingerprint density at radius 1 is 1.36 bits per heavy atom. The highest BCUT2D eigenvalue weighted by Crippen LogP contribution is 2.24. The zero-order valence-corrected chi connectivity index (χ0v) is 8.83. The van der Waals surface area contributed by atoms with Gasteiger partial charge in [-0.3, -0.25) is 0 Å². The number of rotatable bonds is 2. The van der Waals surface area contributed by atoms with Gasteiger partial charge in [-0.05, 0) is 31.9 Å². The van der Waals surface area contributed by atoms with E-state index in [2.05, 4.69) is 0 Å². The molecule has 0 saturated heterocycles. The Bertz CT molecular complexity index is 345. The van der Waals surface area contributed by atoms with Gasteiger partial charge in [0.2, 0.25) is 0 Å². The van der Waals surface area contributed by atoms with Crippen molar-refractivity contribution in [1.82, 2.24) is 0 Å². The fraction of sp³-hybridized carbons (Fsp3) is 0.400. The zero-order chi connectivity index (χ0) is 10.9.